The molecule has 0 saturated carbocycles. The third-order valence-electron chi connectivity index (χ3n) is 1.97. The molecular weight excluding hydrogens is 230 g/mol. The molecule has 0 spiro atoms. The Labute approximate surface area is 97.8 Å². The van der Waals surface area contributed by atoms with Crippen LogP contribution in [-0.4, -0.2) is 40.4 Å². The fourth-order valence-electron chi connectivity index (χ4n) is 1.13. The van der Waals surface area contributed by atoms with Crippen molar-refractivity contribution in [1.29, 1.82) is 0 Å². The summed E-state index contributed by atoms with van der Waals surface area (Å²) in [5.74, 6) is -2.48. The van der Waals surface area contributed by atoms with Crippen molar-refractivity contribution in [2.24, 2.45) is 0 Å². The molecule has 0 aromatic carbocycles. The molecule has 7 heteroatoms. The number of carboxylic acids is 2. The highest BCUT2D eigenvalue weighted by Crippen LogP contribution is 1.99. The monoisotopic (exact) mass is 245 g/mol. The van der Waals surface area contributed by atoms with E-state index in [2.05, 4.69) is 5.32 Å². The van der Waals surface area contributed by atoms with Gasteiger partial charge in [-0.05, 0) is 12.8 Å². The van der Waals surface area contributed by atoms with E-state index in [9.17, 15) is 19.2 Å². The van der Waals surface area contributed by atoms with Gasteiger partial charge in [-0.3, -0.25) is 14.4 Å². The van der Waals surface area contributed by atoms with E-state index in [-0.39, 0.29) is 32.1 Å². The van der Waals surface area contributed by atoms with Gasteiger partial charge in [0.15, 0.2) is 0 Å². The molecule has 0 rings (SSSR count). The van der Waals surface area contributed by atoms with Gasteiger partial charge in [0.1, 0.15) is 6.29 Å². The largest absolute Gasteiger partial charge is 0.481 e. The molecule has 0 aromatic heterocycles. The Hall–Kier alpha value is -1.92. The Kier molecular flexibility index (Phi) is 7.32. The van der Waals surface area contributed by atoms with Gasteiger partial charge in [0.25, 0.3) is 0 Å². The lowest BCUT2D eigenvalue weighted by Gasteiger charge is -2.11. The first-order valence-corrected chi connectivity index (χ1v) is 5.14. The van der Waals surface area contributed by atoms with Crippen LogP contribution in [0.15, 0.2) is 0 Å². The van der Waals surface area contributed by atoms with Crippen LogP contribution in [-0.2, 0) is 19.2 Å². The fraction of sp³-hybridized carbons (Fsp3) is 0.600. The minimum absolute atomic E-state index is 0.00368. The molecule has 0 heterocycles. The topological polar surface area (TPSA) is 121 Å². The number of carbonyl (C=O) groups excluding carboxylic acids is 2. The molecule has 0 aliphatic rings. The zero-order valence-corrected chi connectivity index (χ0v) is 9.22. The minimum Gasteiger partial charge on any atom is -0.481 e. The molecular formula is C10H15NO6. The molecule has 3 N–H and O–H groups in total. The van der Waals surface area contributed by atoms with Crippen molar-refractivity contribution in [2.45, 2.75) is 38.1 Å². The summed E-state index contributed by atoms with van der Waals surface area (Å²) in [5.41, 5.74) is 0. The molecule has 0 saturated heterocycles. The smallest absolute Gasteiger partial charge is 0.303 e. The zero-order chi connectivity index (χ0) is 13.3. The van der Waals surface area contributed by atoms with E-state index in [0.717, 1.165) is 0 Å². The number of carboxylic acid groups (broad SMARTS) is 2. The standard InChI is InChI=1S/C10H15NO6/c12-6-7(4-5-10(16)17)11-8(13)2-1-3-9(14)15/h6-7H,1-5H2,(H,11,13)(H,14,15)(H,16,17). The lowest BCUT2D eigenvalue weighted by atomic mass is 10.1. The molecule has 0 aliphatic heterocycles. The van der Waals surface area contributed by atoms with Crippen molar-refractivity contribution in [3.8, 4) is 0 Å². The fourth-order valence-corrected chi connectivity index (χ4v) is 1.13. The second kappa shape index (κ2) is 8.26. The van der Waals surface area contributed by atoms with Crippen LogP contribution in [0.1, 0.15) is 32.1 Å². The van der Waals surface area contributed by atoms with Gasteiger partial charge >= 0.3 is 11.9 Å². The maximum atomic E-state index is 11.2. The van der Waals surface area contributed by atoms with Crippen molar-refractivity contribution in [2.75, 3.05) is 0 Å². The molecule has 7 nitrogen and oxygen atoms in total. The van der Waals surface area contributed by atoms with Crippen LogP contribution in [0.4, 0.5) is 0 Å². The number of hydrogen-bond donors (Lipinski definition) is 3. The van der Waals surface area contributed by atoms with Gasteiger partial charge in [-0.2, -0.15) is 0 Å². The molecule has 0 fully saturated rings. The predicted molar refractivity (Wildman–Crippen MR) is 56.4 cm³/mol. The first-order chi connectivity index (χ1) is 7.95. The quantitative estimate of drug-likeness (QED) is 0.483. The Morgan fingerprint density at radius 3 is 2.12 bits per heavy atom. The second-order valence-corrected chi connectivity index (χ2v) is 3.49. The van der Waals surface area contributed by atoms with Crippen molar-refractivity contribution >= 4 is 24.1 Å². The first kappa shape index (κ1) is 15.1. The summed E-state index contributed by atoms with van der Waals surface area (Å²) in [4.78, 5) is 42.2. The number of aliphatic carboxylic acids is 2. The normalized spacial score (nSPS) is 11.5. The van der Waals surface area contributed by atoms with Gasteiger partial charge in [0, 0.05) is 19.3 Å². The molecule has 96 valence electrons. The highest BCUT2D eigenvalue weighted by Gasteiger charge is 2.13. The van der Waals surface area contributed by atoms with Crippen LogP contribution in [0.25, 0.3) is 0 Å². The van der Waals surface area contributed by atoms with Gasteiger partial charge in [-0.25, -0.2) is 0 Å². The Bertz CT molecular complexity index is 301. The summed E-state index contributed by atoms with van der Waals surface area (Å²) in [6.07, 6.45) is 0.365. The zero-order valence-electron chi connectivity index (χ0n) is 9.22. The predicted octanol–water partition coefficient (Wildman–Crippen LogP) is -0.210. The lowest BCUT2D eigenvalue weighted by Crippen LogP contribution is -2.36. The van der Waals surface area contributed by atoms with Crippen LogP contribution in [0.2, 0.25) is 0 Å². The van der Waals surface area contributed by atoms with Crippen LogP contribution >= 0.6 is 0 Å². The highest BCUT2D eigenvalue weighted by molar-refractivity contribution is 5.80. The molecule has 17 heavy (non-hydrogen) atoms. The molecule has 0 radical (unpaired) electrons. The summed E-state index contributed by atoms with van der Waals surface area (Å²) in [6.45, 7) is 0. The molecule has 0 bridgehead atoms. The number of carbonyl (C=O) groups is 4. The summed E-state index contributed by atoms with van der Waals surface area (Å²) < 4.78 is 0. The maximum Gasteiger partial charge on any atom is 0.303 e. The van der Waals surface area contributed by atoms with Gasteiger partial charge in [0.05, 0.1) is 6.04 Å². The molecule has 1 atom stereocenters. The lowest BCUT2D eigenvalue weighted by molar-refractivity contribution is -0.138. The van der Waals surface area contributed by atoms with Crippen LogP contribution < -0.4 is 5.32 Å². The Morgan fingerprint density at radius 1 is 1.06 bits per heavy atom. The number of rotatable bonds is 9. The van der Waals surface area contributed by atoms with Crippen molar-refractivity contribution < 1.29 is 29.4 Å². The maximum absolute atomic E-state index is 11.2. The van der Waals surface area contributed by atoms with Gasteiger partial charge < -0.3 is 20.3 Å². The summed E-state index contributed by atoms with van der Waals surface area (Å²) in [7, 11) is 0. The summed E-state index contributed by atoms with van der Waals surface area (Å²) >= 11 is 0. The number of amides is 1. The van der Waals surface area contributed by atoms with Gasteiger partial charge in [-0.1, -0.05) is 0 Å². The number of nitrogens with one attached hydrogen (secondary N) is 1. The van der Waals surface area contributed by atoms with Crippen molar-refractivity contribution in [1.82, 2.24) is 5.32 Å². The van der Waals surface area contributed by atoms with Gasteiger partial charge in [-0.15, -0.1) is 0 Å². The van der Waals surface area contributed by atoms with E-state index >= 15 is 0 Å². The average molecular weight is 245 g/mol. The third kappa shape index (κ3) is 9.04. The number of aldehydes is 1. The van der Waals surface area contributed by atoms with Gasteiger partial charge in [0.2, 0.25) is 5.91 Å². The molecule has 0 aliphatic carbocycles. The highest BCUT2D eigenvalue weighted by atomic mass is 16.4. The van der Waals surface area contributed by atoms with Crippen molar-refractivity contribution in [3.63, 3.8) is 0 Å². The first-order valence-electron chi connectivity index (χ1n) is 5.14. The van der Waals surface area contributed by atoms with E-state index in [0.29, 0.717) is 6.29 Å². The van der Waals surface area contributed by atoms with E-state index < -0.39 is 23.9 Å². The molecule has 1 unspecified atom stereocenters. The number of hydrogen-bond acceptors (Lipinski definition) is 4. The molecule has 1 amide bonds. The third-order valence-corrected chi connectivity index (χ3v) is 1.97. The van der Waals surface area contributed by atoms with Crippen LogP contribution in [0, 0.1) is 0 Å². The van der Waals surface area contributed by atoms with Crippen molar-refractivity contribution in [3.05, 3.63) is 0 Å². The van der Waals surface area contributed by atoms with Crippen LogP contribution in [0.5, 0.6) is 0 Å². The van der Waals surface area contributed by atoms with E-state index in [4.69, 9.17) is 10.2 Å². The summed E-state index contributed by atoms with van der Waals surface area (Å²) in [6, 6.07) is -0.830. The minimum atomic E-state index is -1.04. The van der Waals surface area contributed by atoms with E-state index in [1.807, 2.05) is 0 Å². The molecule has 0 aromatic rings. The van der Waals surface area contributed by atoms with E-state index in [1.165, 1.54) is 0 Å². The summed E-state index contributed by atoms with van der Waals surface area (Å²) in [5, 5.41) is 19.1. The van der Waals surface area contributed by atoms with E-state index in [1.54, 1.807) is 0 Å². The second-order valence-electron chi connectivity index (χ2n) is 3.49. The van der Waals surface area contributed by atoms with Crippen LogP contribution in [0.3, 0.4) is 0 Å². The Balaban J connectivity index is 3.85. The average Bonchev–Trinajstić information content (AvgIpc) is 2.23. The SMILES string of the molecule is O=CC(CCC(=O)O)NC(=O)CCCC(=O)O. The Morgan fingerprint density at radius 2 is 1.65 bits per heavy atom.